The molecule has 2 nitrogen and oxygen atoms in total. The smallest absolute Gasteiger partial charge is 0.0406 e. The second kappa shape index (κ2) is 7.28. The van der Waals surface area contributed by atoms with Gasteiger partial charge in [-0.15, -0.1) is 0 Å². The summed E-state index contributed by atoms with van der Waals surface area (Å²) in [5.74, 6) is 0. The maximum absolute atomic E-state index is 5.91. The molecule has 0 aliphatic heterocycles. The normalized spacial score (nSPS) is 23.8. The van der Waals surface area contributed by atoms with E-state index in [0.717, 1.165) is 11.6 Å². The van der Waals surface area contributed by atoms with Gasteiger partial charge >= 0.3 is 0 Å². The van der Waals surface area contributed by atoms with Crippen LogP contribution < -0.4 is 10.6 Å². The van der Waals surface area contributed by atoms with Crippen LogP contribution in [0.15, 0.2) is 24.3 Å². The summed E-state index contributed by atoms with van der Waals surface area (Å²) in [4.78, 5) is 0. The largest absolute Gasteiger partial charge is 0.310 e. The Morgan fingerprint density at radius 1 is 1.11 bits per heavy atom. The van der Waals surface area contributed by atoms with E-state index in [4.69, 9.17) is 11.6 Å². The van der Waals surface area contributed by atoms with Crippen LogP contribution in [0.25, 0.3) is 0 Å². The molecule has 3 heteroatoms. The summed E-state index contributed by atoms with van der Waals surface area (Å²) in [5.41, 5.74) is 1.30. The molecule has 0 radical (unpaired) electrons. The summed E-state index contributed by atoms with van der Waals surface area (Å²) in [6.45, 7) is 5.38. The highest BCUT2D eigenvalue weighted by Gasteiger charge is 2.24. The van der Waals surface area contributed by atoms with Gasteiger partial charge in [-0.05, 0) is 30.5 Å². The van der Waals surface area contributed by atoms with Gasteiger partial charge in [0.15, 0.2) is 0 Å². The van der Waals surface area contributed by atoms with Crippen LogP contribution in [0.4, 0.5) is 0 Å². The van der Waals surface area contributed by atoms with Crippen LogP contribution in [0.1, 0.15) is 45.1 Å². The highest BCUT2D eigenvalue weighted by molar-refractivity contribution is 6.30. The molecule has 0 bridgehead atoms. The summed E-state index contributed by atoms with van der Waals surface area (Å²) >= 11 is 5.91. The molecular weight excluding hydrogens is 256 g/mol. The molecule has 1 fully saturated rings. The molecule has 1 aliphatic carbocycles. The number of hydrogen-bond donors (Lipinski definition) is 2. The van der Waals surface area contributed by atoms with Crippen LogP contribution in [0.5, 0.6) is 0 Å². The van der Waals surface area contributed by atoms with Crippen molar-refractivity contribution in [2.75, 3.05) is 0 Å². The molecule has 106 valence electrons. The Balaban J connectivity index is 1.87. The zero-order valence-electron chi connectivity index (χ0n) is 12.0. The van der Waals surface area contributed by atoms with Crippen LogP contribution in [0, 0.1) is 0 Å². The standard InChI is InChI=1S/C16H25ClN2/c1-12(2)19-16-6-4-3-5-15(16)18-11-13-7-9-14(17)10-8-13/h7-10,12,15-16,18-19H,3-6,11H2,1-2H3/t15-,16-/m1/s1. The number of rotatable bonds is 5. The van der Waals surface area contributed by atoms with E-state index in [-0.39, 0.29) is 0 Å². The first-order valence-corrected chi connectivity index (χ1v) is 7.77. The Bertz CT molecular complexity index is 375. The van der Waals surface area contributed by atoms with Gasteiger partial charge in [0, 0.05) is 29.7 Å². The summed E-state index contributed by atoms with van der Waals surface area (Å²) in [5, 5.41) is 8.21. The average molecular weight is 281 g/mol. The highest BCUT2D eigenvalue weighted by Crippen LogP contribution is 2.20. The van der Waals surface area contributed by atoms with E-state index in [1.54, 1.807) is 0 Å². The monoisotopic (exact) mass is 280 g/mol. The summed E-state index contributed by atoms with van der Waals surface area (Å²) in [6, 6.07) is 9.88. The van der Waals surface area contributed by atoms with Crippen molar-refractivity contribution >= 4 is 11.6 Å². The van der Waals surface area contributed by atoms with Crippen LogP contribution in [-0.4, -0.2) is 18.1 Å². The minimum absolute atomic E-state index is 0.558. The molecule has 0 heterocycles. The number of benzene rings is 1. The molecule has 19 heavy (non-hydrogen) atoms. The first-order chi connectivity index (χ1) is 9.15. The van der Waals surface area contributed by atoms with Gasteiger partial charge in [-0.25, -0.2) is 0 Å². The van der Waals surface area contributed by atoms with Gasteiger partial charge in [-0.1, -0.05) is 50.4 Å². The molecule has 0 amide bonds. The van der Waals surface area contributed by atoms with Gasteiger partial charge in [0.25, 0.3) is 0 Å². The molecule has 1 aromatic rings. The summed E-state index contributed by atoms with van der Waals surface area (Å²) in [7, 11) is 0. The van der Waals surface area contributed by atoms with E-state index in [0.29, 0.717) is 18.1 Å². The highest BCUT2D eigenvalue weighted by atomic mass is 35.5. The fourth-order valence-corrected chi connectivity index (χ4v) is 2.98. The third-order valence-electron chi connectivity index (χ3n) is 3.80. The fourth-order valence-electron chi connectivity index (χ4n) is 2.85. The maximum Gasteiger partial charge on any atom is 0.0406 e. The van der Waals surface area contributed by atoms with Crippen molar-refractivity contribution in [1.82, 2.24) is 10.6 Å². The lowest BCUT2D eigenvalue weighted by molar-refractivity contribution is 0.270. The molecule has 1 aromatic carbocycles. The van der Waals surface area contributed by atoms with E-state index in [1.165, 1.54) is 31.2 Å². The van der Waals surface area contributed by atoms with Crippen LogP contribution in [-0.2, 0) is 6.54 Å². The molecular formula is C16H25ClN2. The van der Waals surface area contributed by atoms with E-state index in [1.807, 2.05) is 12.1 Å². The molecule has 0 saturated heterocycles. The summed E-state index contributed by atoms with van der Waals surface area (Å²) < 4.78 is 0. The molecule has 1 saturated carbocycles. The first kappa shape index (κ1) is 14.8. The van der Waals surface area contributed by atoms with E-state index < -0.39 is 0 Å². The van der Waals surface area contributed by atoms with Gasteiger partial charge in [0.1, 0.15) is 0 Å². The minimum atomic E-state index is 0.558. The predicted molar refractivity (Wildman–Crippen MR) is 82.6 cm³/mol. The van der Waals surface area contributed by atoms with Crippen molar-refractivity contribution in [3.05, 3.63) is 34.9 Å². The van der Waals surface area contributed by atoms with Crippen LogP contribution in [0.2, 0.25) is 5.02 Å². The molecule has 0 aromatic heterocycles. The van der Waals surface area contributed by atoms with Crippen molar-refractivity contribution in [2.24, 2.45) is 0 Å². The lowest BCUT2D eigenvalue weighted by atomic mass is 9.89. The number of halogens is 1. The Hall–Kier alpha value is -0.570. The lowest BCUT2D eigenvalue weighted by Gasteiger charge is -2.34. The van der Waals surface area contributed by atoms with Crippen molar-refractivity contribution in [2.45, 2.75) is 64.2 Å². The second-order valence-electron chi connectivity index (χ2n) is 5.83. The second-order valence-corrected chi connectivity index (χ2v) is 6.26. The Labute approximate surface area is 121 Å². The quantitative estimate of drug-likeness (QED) is 0.859. The summed E-state index contributed by atoms with van der Waals surface area (Å²) in [6.07, 6.45) is 5.26. The Kier molecular flexibility index (Phi) is 5.68. The van der Waals surface area contributed by atoms with Crippen molar-refractivity contribution in [3.63, 3.8) is 0 Å². The number of nitrogens with one attached hydrogen (secondary N) is 2. The predicted octanol–water partition coefficient (Wildman–Crippen LogP) is 3.74. The molecule has 0 unspecified atom stereocenters. The van der Waals surface area contributed by atoms with Gasteiger partial charge in [0.05, 0.1) is 0 Å². The zero-order valence-corrected chi connectivity index (χ0v) is 12.7. The molecule has 0 spiro atoms. The average Bonchev–Trinajstić information content (AvgIpc) is 2.39. The molecule has 2 rings (SSSR count). The first-order valence-electron chi connectivity index (χ1n) is 7.39. The lowest BCUT2D eigenvalue weighted by Crippen LogP contribution is -2.51. The molecule has 2 atom stereocenters. The van der Waals surface area contributed by atoms with Crippen molar-refractivity contribution in [3.8, 4) is 0 Å². The van der Waals surface area contributed by atoms with E-state index in [9.17, 15) is 0 Å². The van der Waals surface area contributed by atoms with Crippen LogP contribution >= 0.6 is 11.6 Å². The zero-order chi connectivity index (χ0) is 13.7. The third kappa shape index (κ3) is 4.79. The van der Waals surface area contributed by atoms with E-state index in [2.05, 4.69) is 36.6 Å². The Morgan fingerprint density at radius 2 is 1.74 bits per heavy atom. The fraction of sp³-hybridized carbons (Fsp3) is 0.625. The third-order valence-corrected chi connectivity index (χ3v) is 4.05. The minimum Gasteiger partial charge on any atom is -0.310 e. The van der Waals surface area contributed by atoms with Gasteiger partial charge < -0.3 is 10.6 Å². The topological polar surface area (TPSA) is 24.1 Å². The van der Waals surface area contributed by atoms with E-state index >= 15 is 0 Å². The SMILES string of the molecule is CC(C)N[C@@H]1CCCC[C@H]1NCc1ccc(Cl)cc1. The van der Waals surface area contributed by atoms with Gasteiger partial charge in [0.2, 0.25) is 0 Å². The Morgan fingerprint density at radius 3 is 2.37 bits per heavy atom. The van der Waals surface area contributed by atoms with Gasteiger partial charge in [-0.2, -0.15) is 0 Å². The van der Waals surface area contributed by atoms with Crippen LogP contribution in [0.3, 0.4) is 0 Å². The van der Waals surface area contributed by atoms with Crippen molar-refractivity contribution < 1.29 is 0 Å². The molecule has 1 aliphatic rings. The van der Waals surface area contributed by atoms with Gasteiger partial charge in [-0.3, -0.25) is 0 Å². The maximum atomic E-state index is 5.91. The van der Waals surface area contributed by atoms with Crippen molar-refractivity contribution in [1.29, 1.82) is 0 Å². The number of hydrogen-bond acceptors (Lipinski definition) is 2. The molecule has 2 N–H and O–H groups in total.